The highest BCUT2D eigenvalue weighted by atomic mass is 32.1. The Morgan fingerprint density at radius 3 is 2.81 bits per heavy atom. The van der Waals surface area contributed by atoms with Crippen LogP contribution in [0.2, 0.25) is 0 Å². The molecule has 1 atom stereocenters. The molecule has 4 heterocycles. The van der Waals surface area contributed by atoms with E-state index in [0.29, 0.717) is 40.2 Å². The van der Waals surface area contributed by atoms with E-state index in [-0.39, 0.29) is 17.8 Å². The number of imidazole rings is 1. The van der Waals surface area contributed by atoms with Crippen LogP contribution in [0.15, 0.2) is 29.6 Å². The van der Waals surface area contributed by atoms with E-state index in [1.165, 1.54) is 23.5 Å². The van der Waals surface area contributed by atoms with Crippen LogP contribution in [-0.4, -0.2) is 42.3 Å². The minimum absolute atomic E-state index is 0.153. The number of carbonyl (C=O) groups excluding carboxylic acids is 1. The predicted octanol–water partition coefficient (Wildman–Crippen LogP) is 4.29. The third-order valence-corrected chi connectivity index (χ3v) is 5.97. The fourth-order valence-corrected chi connectivity index (χ4v) is 4.59. The lowest BCUT2D eigenvalue weighted by molar-refractivity contribution is 0.0725. The molecule has 0 radical (unpaired) electrons. The Balaban J connectivity index is 1.36. The van der Waals surface area contributed by atoms with Crippen molar-refractivity contribution in [1.29, 1.82) is 0 Å². The highest BCUT2D eigenvalue weighted by Crippen LogP contribution is 2.33. The minimum Gasteiger partial charge on any atom is -0.340 e. The molecule has 4 aromatic rings. The Morgan fingerprint density at radius 2 is 2.00 bits per heavy atom. The first-order chi connectivity index (χ1) is 15.0. The maximum absolute atomic E-state index is 13.5. The second kappa shape index (κ2) is 7.69. The van der Waals surface area contributed by atoms with Crippen molar-refractivity contribution in [2.24, 2.45) is 0 Å². The van der Waals surface area contributed by atoms with Crippen LogP contribution >= 0.6 is 11.3 Å². The number of thiazole rings is 1. The van der Waals surface area contributed by atoms with Crippen LogP contribution in [0.3, 0.4) is 0 Å². The van der Waals surface area contributed by atoms with E-state index in [4.69, 9.17) is 0 Å². The summed E-state index contributed by atoms with van der Waals surface area (Å²) in [5.41, 5.74) is 3.39. The summed E-state index contributed by atoms with van der Waals surface area (Å²) in [4.78, 5) is 35.9. The van der Waals surface area contributed by atoms with Crippen LogP contribution in [0.25, 0.3) is 11.0 Å². The Labute approximate surface area is 181 Å². The summed E-state index contributed by atoms with van der Waals surface area (Å²) < 4.78 is 13.5. The predicted molar refractivity (Wildman–Crippen MR) is 116 cm³/mol. The van der Waals surface area contributed by atoms with Crippen LogP contribution in [0.1, 0.15) is 46.6 Å². The van der Waals surface area contributed by atoms with E-state index in [2.05, 4.69) is 30.2 Å². The fourth-order valence-electron chi connectivity index (χ4n) is 3.91. The smallest absolute Gasteiger partial charge is 0.274 e. The molecule has 8 nitrogen and oxygen atoms in total. The summed E-state index contributed by atoms with van der Waals surface area (Å²) in [7, 11) is 0. The monoisotopic (exact) mass is 437 g/mol. The number of aromatic nitrogens is 5. The van der Waals surface area contributed by atoms with Crippen LogP contribution in [0.4, 0.5) is 15.5 Å². The first-order valence-corrected chi connectivity index (χ1v) is 10.9. The summed E-state index contributed by atoms with van der Waals surface area (Å²) in [5, 5.41) is 5.37. The molecular weight excluding hydrogens is 417 g/mol. The summed E-state index contributed by atoms with van der Waals surface area (Å²) in [5.74, 6) is 0.653. The molecule has 0 saturated carbocycles. The van der Waals surface area contributed by atoms with E-state index in [0.717, 1.165) is 24.2 Å². The highest BCUT2D eigenvalue weighted by Gasteiger charge is 2.33. The van der Waals surface area contributed by atoms with Gasteiger partial charge in [-0.25, -0.2) is 24.3 Å². The van der Waals surface area contributed by atoms with Crippen LogP contribution in [0, 0.1) is 19.7 Å². The van der Waals surface area contributed by atoms with E-state index in [1.54, 1.807) is 16.3 Å². The van der Waals surface area contributed by atoms with Gasteiger partial charge in [-0.1, -0.05) is 0 Å². The molecule has 0 aliphatic carbocycles. The molecule has 10 heteroatoms. The molecule has 1 aromatic carbocycles. The Morgan fingerprint density at radius 1 is 1.19 bits per heavy atom. The number of hydrogen-bond acceptors (Lipinski definition) is 7. The van der Waals surface area contributed by atoms with Gasteiger partial charge in [-0.15, -0.1) is 11.3 Å². The molecule has 158 valence electrons. The maximum atomic E-state index is 13.5. The number of anilines is 2. The van der Waals surface area contributed by atoms with Crippen molar-refractivity contribution in [1.82, 2.24) is 29.8 Å². The number of rotatable bonds is 4. The molecule has 3 aromatic heterocycles. The number of H-pyrrole nitrogens is 1. The lowest BCUT2D eigenvalue weighted by Gasteiger charge is -2.22. The van der Waals surface area contributed by atoms with E-state index >= 15 is 0 Å². The number of nitrogens with one attached hydrogen (secondary N) is 2. The first kappa shape index (κ1) is 19.6. The standard InChI is InChI=1S/C21H20FN7OS/c1-11-8-12(2)24-20(23-11)28-21-27-16(10-31-21)19(30)29-7-3-4-17(29)18-25-14-6-5-13(22)9-15(14)26-18/h5-6,8-10,17H,3-4,7H2,1-2H3,(H,25,26)(H,23,24,27,28). The number of nitrogens with zero attached hydrogens (tertiary/aromatic N) is 5. The lowest BCUT2D eigenvalue weighted by atomic mass is 10.2. The SMILES string of the molecule is Cc1cc(C)nc(Nc2nc(C(=O)N3CCCC3c3nc4ccc(F)cc4[nH]3)cs2)n1. The number of halogens is 1. The Hall–Kier alpha value is -3.40. The van der Waals surface area contributed by atoms with E-state index in [1.807, 2.05) is 19.9 Å². The van der Waals surface area contributed by atoms with Gasteiger partial charge in [0.25, 0.3) is 5.91 Å². The van der Waals surface area contributed by atoms with Gasteiger partial charge in [-0.05, 0) is 51.0 Å². The number of fused-ring (bicyclic) bond motifs is 1. The van der Waals surface area contributed by atoms with Crippen molar-refractivity contribution in [3.05, 3.63) is 58.4 Å². The molecule has 1 aliphatic rings. The molecule has 5 rings (SSSR count). The first-order valence-electron chi connectivity index (χ1n) is 9.97. The highest BCUT2D eigenvalue weighted by molar-refractivity contribution is 7.14. The van der Waals surface area contributed by atoms with Gasteiger partial charge in [0.05, 0.1) is 17.1 Å². The summed E-state index contributed by atoms with van der Waals surface area (Å²) in [6.45, 7) is 4.42. The van der Waals surface area contributed by atoms with E-state index < -0.39 is 0 Å². The quantitative estimate of drug-likeness (QED) is 0.494. The largest absolute Gasteiger partial charge is 0.340 e. The molecule has 1 unspecified atom stereocenters. The zero-order valence-corrected chi connectivity index (χ0v) is 17.8. The van der Waals surface area contributed by atoms with Gasteiger partial charge >= 0.3 is 0 Å². The van der Waals surface area contributed by atoms with Crippen LogP contribution in [0.5, 0.6) is 0 Å². The van der Waals surface area contributed by atoms with Gasteiger partial charge in [0.1, 0.15) is 17.3 Å². The zero-order valence-electron chi connectivity index (χ0n) is 17.0. The van der Waals surface area contributed by atoms with Crippen LogP contribution < -0.4 is 5.32 Å². The summed E-state index contributed by atoms with van der Waals surface area (Å²) in [6, 6.07) is 6.14. The van der Waals surface area contributed by atoms with Crippen LogP contribution in [-0.2, 0) is 0 Å². The fraction of sp³-hybridized carbons (Fsp3) is 0.286. The van der Waals surface area contributed by atoms with Gasteiger partial charge in [0, 0.05) is 23.3 Å². The average Bonchev–Trinajstić information content (AvgIpc) is 3.45. The summed E-state index contributed by atoms with van der Waals surface area (Å²) in [6.07, 6.45) is 1.66. The van der Waals surface area contributed by atoms with E-state index in [9.17, 15) is 9.18 Å². The minimum atomic E-state index is -0.322. The molecule has 0 spiro atoms. The number of aromatic amines is 1. The molecule has 2 N–H and O–H groups in total. The average molecular weight is 438 g/mol. The normalized spacial score (nSPS) is 16.2. The zero-order chi connectivity index (χ0) is 21.5. The number of aryl methyl sites for hydroxylation is 2. The Bertz CT molecular complexity index is 1260. The topological polar surface area (TPSA) is 99.7 Å². The van der Waals surface area contributed by atoms with Crippen molar-refractivity contribution < 1.29 is 9.18 Å². The number of benzene rings is 1. The second-order valence-corrected chi connectivity index (χ2v) is 8.44. The maximum Gasteiger partial charge on any atom is 0.274 e. The third-order valence-electron chi connectivity index (χ3n) is 5.22. The lowest BCUT2D eigenvalue weighted by Crippen LogP contribution is -2.31. The molecule has 1 amide bonds. The molecule has 1 saturated heterocycles. The number of hydrogen-bond donors (Lipinski definition) is 2. The summed E-state index contributed by atoms with van der Waals surface area (Å²) >= 11 is 1.33. The number of likely N-dealkylation sites (tertiary alicyclic amines) is 1. The molecule has 1 fully saturated rings. The number of amides is 1. The molecular formula is C21H20FN7OS. The van der Waals surface area contributed by atoms with Gasteiger partial charge in [-0.3, -0.25) is 4.79 Å². The van der Waals surface area contributed by atoms with Crippen molar-refractivity contribution >= 4 is 39.4 Å². The van der Waals surface area contributed by atoms with Crippen molar-refractivity contribution in [2.75, 3.05) is 11.9 Å². The van der Waals surface area contributed by atoms with Crippen molar-refractivity contribution in [2.45, 2.75) is 32.7 Å². The number of carbonyl (C=O) groups is 1. The van der Waals surface area contributed by atoms with Gasteiger partial charge in [0.2, 0.25) is 5.95 Å². The Kier molecular flexibility index (Phi) is 4.85. The second-order valence-electron chi connectivity index (χ2n) is 7.58. The molecule has 0 bridgehead atoms. The van der Waals surface area contributed by atoms with Gasteiger partial charge in [0.15, 0.2) is 5.13 Å². The van der Waals surface area contributed by atoms with Crippen molar-refractivity contribution in [3.63, 3.8) is 0 Å². The van der Waals surface area contributed by atoms with Gasteiger partial charge < -0.3 is 15.2 Å². The molecule has 31 heavy (non-hydrogen) atoms. The third kappa shape index (κ3) is 3.86. The van der Waals surface area contributed by atoms with Crippen molar-refractivity contribution in [3.8, 4) is 0 Å². The molecule has 1 aliphatic heterocycles. The van der Waals surface area contributed by atoms with Gasteiger partial charge in [-0.2, -0.15) is 0 Å².